The van der Waals surface area contributed by atoms with Gasteiger partial charge in [-0.05, 0) is 31.1 Å². The first-order valence-electron chi connectivity index (χ1n) is 6.95. The summed E-state index contributed by atoms with van der Waals surface area (Å²) in [5.74, 6) is 0.521. The van der Waals surface area contributed by atoms with Crippen molar-refractivity contribution in [3.05, 3.63) is 0 Å². The fraction of sp³-hybridized carbons (Fsp3) is 0.929. The first kappa shape index (κ1) is 13.4. The molecule has 2 fully saturated rings. The van der Waals surface area contributed by atoms with Gasteiger partial charge in [-0.15, -0.1) is 0 Å². The maximum atomic E-state index is 12.3. The van der Waals surface area contributed by atoms with Crippen LogP contribution in [0.3, 0.4) is 0 Å². The highest BCUT2D eigenvalue weighted by molar-refractivity contribution is 9.09. The molecule has 2 aliphatic carbocycles. The van der Waals surface area contributed by atoms with Crippen molar-refractivity contribution in [2.75, 3.05) is 0 Å². The van der Waals surface area contributed by atoms with Gasteiger partial charge in [-0.1, -0.05) is 49.0 Å². The van der Waals surface area contributed by atoms with E-state index in [0.717, 1.165) is 12.8 Å². The summed E-state index contributed by atoms with van der Waals surface area (Å²) in [6, 6.07) is 0.354. The van der Waals surface area contributed by atoms with Gasteiger partial charge in [0.2, 0.25) is 5.91 Å². The summed E-state index contributed by atoms with van der Waals surface area (Å²) in [7, 11) is 0. The smallest absolute Gasteiger partial charge is 0.223 e. The van der Waals surface area contributed by atoms with Crippen molar-refractivity contribution < 1.29 is 4.79 Å². The van der Waals surface area contributed by atoms with E-state index in [1.807, 2.05) is 0 Å². The molecule has 0 radical (unpaired) electrons. The lowest BCUT2D eigenvalue weighted by Gasteiger charge is -2.32. The van der Waals surface area contributed by atoms with Gasteiger partial charge in [-0.25, -0.2) is 0 Å². The van der Waals surface area contributed by atoms with Crippen molar-refractivity contribution in [1.82, 2.24) is 5.32 Å². The molecule has 2 saturated carbocycles. The van der Waals surface area contributed by atoms with Crippen molar-refractivity contribution in [2.24, 2.45) is 11.3 Å². The molecule has 0 bridgehead atoms. The summed E-state index contributed by atoms with van der Waals surface area (Å²) in [6.07, 6.45) is 8.33. The summed E-state index contributed by atoms with van der Waals surface area (Å²) < 4.78 is 0. The third-order valence-corrected chi connectivity index (χ3v) is 5.68. The van der Waals surface area contributed by atoms with E-state index >= 15 is 0 Å². The van der Waals surface area contributed by atoms with E-state index in [1.54, 1.807) is 0 Å². The number of rotatable bonds is 2. The second-order valence-electron chi connectivity index (χ2n) is 6.35. The molecule has 2 rings (SSSR count). The standard InChI is InChI=1S/C14H24BrNO/c1-14(2)9-5-6-10(14)13(17)16-12-8-4-3-7-11(12)15/h10-12H,3-9H2,1-2H3,(H,16,17). The van der Waals surface area contributed by atoms with Crippen LogP contribution in [0.5, 0.6) is 0 Å². The Bertz CT molecular complexity index is 290. The molecule has 3 heteroatoms. The molecule has 1 N–H and O–H groups in total. The van der Waals surface area contributed by atoms with Crippen LogP contribution in [0.4, 0.5) is 0 Å². The molecule has 17 heavy (non-hydrogen) atoms. The molecule has 0 aliphatic heterocycles. The number of hydrogen-bond donors (Lipinski definition) is 1. The zero-order valence-corrected chi connectivity index (χ0v) is 12.6. The highest BCUT2D eigenvalue weighted by atomic mass is 79.9. The van der Waals surface area contributed by atoms with Gasteiger partial charge in [0, 0.05) is 16.8 Å². The minimum absolute atomic E-state index is 0.195. The zero-order valence-electron chi connectivity index (χ0n) is 11.0. The Morgan fingerprint density at radius 2 is 1.88 bits per heavy atom. The number of alkyl halides is 1. The van der Waals surface area contributed by atoms with Crippen molar-refractivity contribution in [1.29, 1.82) is 0 Å². The third kappa shape index (κ3) is 3.04. The quantitative estimate of drug-likeness (QED) is 0.775. The van der Waals surface area contributed by atoms with Crippen LogP contribution < -0.4 is 5.32 Å². The van der Waals surface area contributed by atoms with Crippen LogP contribution in [-0.2, 0) is 4.79 Å². The van der Waals surface area contributed by atoms with Crippen LogP contribution in [0.1, 0.15) is 58.8 Å². The van der Waals surface area contributed by atoms with E-state index in [-0.39, 0.29) is 11.3 Å². The lowest BCUT2D eigenvalue weighted by molar-refractivity contribution is -0.128. The van der Waals surface area contributed by atoms with E-state index in [2.05, 4.69) is 35.1 Å². The summed E-state index contributed by atoms with van der Waals surface area (Å²) in [5.41, 5.74) is 0.195. The molecule has 3 atom stereocenters. The maximum Gasteiger partial charge on any atom is 0.223 e. The van der Waals surface area contributed by atoms with Crippen molar-refractivity contribution in [2.45, 2.75) is 69.7 Å². The van der Waals surface area contributed by atoms with Gasteiger partial charge in [0.05, 0.1) is 0 Å². The molecule has 0 spiro atoms. The minimum Gasteiger partial charge on any atom is -0.352 e. The number of amides is 1. The monoisotopic (exact) mass is 301 g/mol. The molecule has 0 saturated heterocycles. The van der Waals surface area contributed by atoms with Crippen LogP contribution in [0.2, 0.25) is 0 Å². The van der Waals surface area contributed by atoms with E-state index in [4.69, 9.17) is 0 Å². The molecule has 0 heterocycles. The average molecular weight is 302 g/mol. The topological polar surface area (TPSA) is 29.1 Å². The van der Waals surface area contributed by atoms with Gasteiger partial charge in [0.25, 0.3) is 0 Å². The highest BCUT2D eigenvalue weighted by Gasteiger charge is 2.40. The third-order valence-electron chi connectivity index (χ3n) is 4.58. The first-order valence-corrected chi connectivity index (χ1v) is 7.87. The van der Waals surface area contributed by atoms with Crippen molar-refractivity contribution in [3.8, 4) is 0 Å². The fourth-order valence-corrected chi connectivity index (χ4v) is 4.06. The van der Waals surface area contributed by atoms with Crippen LogP contribution in [0, 0.1) is 11.3 Å². The Hall–Kier alpha value is -0.0500. The van der Waals surface area contributed by atoms with Gasteiger partial charge < -0.3 is 5.32 Å². The van der Waals surface area contributed by atoms with Crippen LogP contribution in [0.25, 0.3) is 0 Å². The molecule has 0 aromatic rings. The summed E-state index contributed by atoms with van der Waals surface area (Å²) in [6.45, 7) is 4.47. The van der Waals surface area contributed by atoms with Crippen LogP contribution in [0.15, 0.2) is 0 Å². The molecule has 1 amide bonds. The number of carbonyl (C=O) groups excluding carboxylic acids is 1. The van der Waals surface area contributed by atoms with Crippen molar-refractivity contribution >= 4 is 21.8 Å². The molecular formula is C14H24BrNO. The number of nitrogens with one attached hydrogen (secondary N) is 1. The lowest BCUT2D eigenvalue weighted by atomic mass is 9.81. The summed E-state index contributed by atoms with van der Waals surface area (Å²) in [5, 5.41) is 3.28. The summed E-state index contributed by atoms with van der Waals surface area (Å²) in [4.78, 5) is 12.8. The molecule has 0 aromatic carbocycles. The van der Waals surface area contributed by atoms with Gasteiger partial charge >= 0.3 is 0 Å². The predicted octanol–water partition coefficient (Wildman–Crippen LogP) is 3.64. The fourth-order valence-electron chi connectivity index (χ4n) is 3.34. The van der Waals surface area contributed by atoms with E-state index in [0.29, 0.717) is 16.8 Å². The molecule has 98 valence electrons. The van der Waals surface area contributed by atoms with Gasteiger partial charge in [-0.2, -0.15) is 0 Å². The average Bonchev–Trinajstić information content (AvgIpc) is 2.61. The van der Waals surface area contributed by atoms with E-state index < -0.39 is 0 Å². The minimum atomic E-state index is 0.195. The zero-order chi connectivity index (χ0) is 12.5. The maximum absolute atomic E-state index is 12.3. The normalized spacial score (nSPS) is 36.8. The Balaban J connectivity index is 1.92. The van der Waals surface area contributed by atoms with Gasteiger partial charge in [0.1, 0.15) is 0 Å². The highest BCUT2D eigenvalue weighted by Crippen LogP contribution is 2.42. The van der Waals surface area contributed by atoms with Crippen LogP contribution >= 0.6 is 15.9 Å². The molecule has 3 unspecified atom stereocenters. The SMILES string of the molecule is CC1(C)CCCC1C(=O)NC1CCCCC1Br. The molecule has 2 aliphatic rings. The second kappa shape index (κ2) is 5.29. The first-order chi connectivity index (χ1) is 8.00. The van der Waals surface area contributed by atoms with Crippen LogP contribution in [-0.4, -0.2) is 16.8 Å². The Labute approximate surface area is 113 Å². The van der Waals surface area contributed by atoms with Crippen molar-refractivity contribution in [3.63, 3.8) is 0 Å². The van der Waals surface area contributed by atoms with E-state index in [9.17, 15) is 4.79 Å². The number of carbonyl (C=O) groups is 1. The summed E-state index contributed by atoms with van der Waals surface area (Å²) >= 11 is 3.71. The van der Waals surface area contributed by atoms with E-state index in [1.165, 1.54) is 32.1 Å². The lowest BCUT2D eigenvalue weighted by Crippen LogP contribution is -2.46. The number of halogens is 1. The Morgan fingerprint density at radius 1 is 1.18 bits per heavy atom. The molecule has 2 nitrogen and oxygen atoms in total. The van der Waals surface area contributed by atoms with Gasteiger partial charge in [0.15, 0.2) is 0 Å². The predicted molar refractivity (Wildman–Crippen MR) is 74.2 cm³/mol. The molecular weight excluding hydrogens is 278 g/mol. The Morgan fingerprint density at radius 3 is 2.47 bits per heavy atom. The Kier molecular flexibility index (Phi) is 4.17. The number of hydrogen-bond acceptors (Lipinski definition) is 1. The largest absolute Gasteiger partial charge is 0.352 e. The van der Waals surface area contributed by atoms with Gasteiger partial charge in [-0.3, -0.25) is 4.79 Å². The second-order valence-corrected chi connectivity index (χ2v) is 7.53. The molecule has 0 aromatic heterocycles.